The van der Waals surface area contributed by atoms with Gasteiger partial charge in [-0.2, -0.15) is 0 Å². The Morgan fingerprint density at radius 3 is 1.96 bits per heavy atom. The van der Waals surface area contributed by atoms with Gasteiger partial charge in [0.1, 0.15) is 13.2 Å². The summed E-state index contributed by atoms with van der Waals surface area (Å²) < 4.78 is 22.6. The maximum absolute atomic E-state index is 11.8. The van der Waals surface area contributed by atoms with Crippen molar-refractivity contribution >= 4 is 7.82 Å². The molecule has 1 unspecified atom stereocenters. The second-order valence-corrected chi connectivity index (χ2v) is 10.4. The molecule has 1 atom stereocenters. The fourth-order valence-electron chi connectivity index (χ4n) is 3.54. The van der Waals surface area contributed by atoms with Gasteiger partial charge in [-0.25, -0.2) is 4.57 Å². The summed E-state index contributed by atoms with van der Waals surface area (Å²) in [7, 11) is 2.18. The Labute approximate surface area is 161 Å². The Balaban J connectivity index is 2.06. The third-order valence-corrected chi connectivity index (χ3v) is 6.27. The fraction of sp³-hybridized carbons (Fsp3) is 1.00. The second-order valence-electron chi connectivity index (χ2n) is 8.92. The van der Waals surface area contributed by atoms with E-state index in [1.165, 1.54) is 70.6 Å². The van der Waals surface area contributed by atoms with Crippen molar-refractivity contribution < 1.29 is 23.0 Å². The molecule has 0 saturated heterocycles. The highest BCUT2D eigenvalue weighted by atomic mass is 31.2. The van der Waals surface area contributed by atoms with Gasteiger partial charge < -0.3 is 9.38 Å². The Bertz CT molecular complexity index is 388. The lowest BCUT2D eigenvalue weighted by atomic mass is 9.88. The van der Waals surface area contributed by atoms with E-state index in [-0.39, 0.29) is 6.61 Å². The van der Waals surface area contributed by atoms with Gasteiger partial charge >= 0.3 is 7.82 Å². The zero-order chi connectivity index (χ0) is 19.3. The molecule has 26 heavy (non-hydrogen) atoms. The predicted octanol–water partition coefficient (Wildman–Crippen LogP) is 5.53. The van der Waals surface area contributed by atoms with Crippen LogP contribution in [0.4, 0.5) is 0 Å². The minimum Gasteiger partial charge on any atom is -0.329 e. The number of phosphoric acid groups is 1. The third kappa shape index (κ3) is 14.2. The predicted molar refractivity (Wildman–Crippen MR) is 108 cm³/mol. The summed E-state index contributed by atoms with van der Waals surface area (Å²) in [6.07, 6.45) is 17.1. The fourth-order valence-corrected chi connectivity index (χ4v) is 4.29. The molecule has 0 aliphatic heterocycles. The van der Waals surface area contributed by atoms with Crippen molar-refractivity contribution in [3.8, 4) is 0 Å². The van der Waals surface area contributed by atoms with Crippen molar-refractivity contribution in [1.29, 1.82) is 0 Å². The van der Waals surface area contributed by atoms with Crippen molar-refractivity contribution in [2.24, 2.45) is 5.92 Å². The molecule has 1 saturated carbocycles. The molecule has 1 N–H and O–H groups in total. The summed E-state index contributed by atoms with van der Waals surface area (Å²) >= 11 is 0. The maximum Gasteiger partial charge on any atom is 0.472 e. The van der Waals surface area contributed by atoms with Gasteiger partial charge in [0.05, 0.1) is 27.7 Å². The van der Waals surface area contributed by atoms with Crippen molar-refractivity contribution in [3.63, 3.8) is 0 Å². The summed E-state index contributed by atoms with van der Waals surface area (Å²) in [6.45, 7) is 1.22. The minimum absolute atomic E-state index is 0.235. The third-order valence-electron chi connectivity index (χ3n) is 5.25. The summed E-state index contributed by atoms with van der Waals surface area (Å²) in [5.74, 6) is 0.886. The summed E-state index contributed by atoms with van der Waals surface area (Å²) in [4.78, 5) is 9.68. The molecular formula is C20H43NO4P+. The van der Waals surface area contributed by atoms with Gasteiger partial charge in [-0.3, -0.25) is 9.05 Å². The average Bonchev–Trinajstić information content (AvgIpc) is 2.55. The first kappa shape index (κ1) is 24.1. The van der Waals surface area contributed by atoms with Crippen molar-refractivity contribution in [1.82, 2.24) is 0 Å². The van der Waals surface area contributed by atoms with Gasteiger partial charge in [0.15, 0.2) is 0 Å². The molecule has 1 rings (SSSR count). The highest BCUT2D eigenvalue weighted by molar-refractivity contribution is 7.47. The van der Waals surface area contributed by atoms with E-state index in [1.807, 2.05) is 21.1 Å². The first-order chi connectivity index (χ1) is 12.3. The van der Waals surface area contributed by atoms with Gasteiger partial charge in [0.2, 0.25) is 0 Å². The van der Waals surface area contributed by atoms with Crippen LogP contribution in [0, 0.1) is 5.92 Å². The molecule has 156 valence electrons. The van der Waals surface area contributed by atoms with Crippen LogP contribution in [-0.4, -0.2) is 50.3 Å². The number of quaternary nitrogens is 1. The first-order valence-corrected chi connectivity index (χ1v) is 12.2. The number of nitrogens with zero attached hydrogens (tertiary/aromatic N) is 1. The molecule has 1 aliphatic carbocycles. The molecular weight excluding hydrogens is 349 g/mol. The molecule has 0 radical (unpaired) electrons. The monoisotopic (exact) mass is 392 g/mol. The number of hydrogen-bond donors (Lipinski definition) is 1. The second kappa shape index (κ2) is 13.3. The Kier molecular flexibility index (Phi) is 12.3. The van der Waals surface area contributed by atoms with E-state index in [4.69, 9.17) is 9.05 Å². The quantitative estimate of drug-likeness (QED) is 0.285. The van der Waals surface area contributed by atoms with Crippen LogP contribution in [0.25, 0.3) is 0 Å². The van der Waals surface area contributed by atoms with Crippen LogP contribution >= 0.6 is 7.82 Å². The zero-order valence-corrected chi connectivity index (χ0v) is 18.4. The van der Waals surface area contributed by atoms with E-state index in [0.29, 0.717) is 17.6 Å². The van der Waals surface area contributed by atoms with E-state index in [0.717, 1.165) is 18.8 Å². The molecule has 1 fully saturated rings. The first-order valence-electron chi connectivity index (χ1n) is 10.7. The lowest BCUT2D eigenvalue weighted by Crippen LogP contribution is -2.37. The maximum atomic E-state index is 11.8. The molecule has 0 aromatic rings. The molecule has 5 nitrogen and oxygen atoms in total. The number of unbranched alkanes of at least 4 members (excludes halogenated alkanes) is 2. The van der Waals surface area contributed by atoms with E-state index in [1.54, 1.807) is 0 Å². The van der Waals surface area contributed by atoms with Crippen LogP contribution in [0.3, 0.4) is 0 Å². The van der Waals surface area contributed by atoms with Crippen LogP contribution in [0.1, 0.15) is 83.5 Å². The smallest absolute Gasteiger partial charge is 0.329 e. The van der Waals surface area contributed by atoms with Crippen LogP contribution in [0.15, 0.2) is 0 Å². The van der Waals surface area contributed by atoms with Gasteiger partial charge in [-0.05, 0) is 12.3 Å². The molecule has 6 heteroatoms. The Hall–Kier alpha value is 0.0700. The van der Waals surface area contributed by atoms with E-state index in [9.17, 15) is 9.46 Å². The molecule has 0 aromatic heterocycles. The van der Waals surface area contributed by atoms with Gasteiger partial charge in [-0.1, -0.05) is 77.0 Å². The minimum atomic E-state index is -3.88. The normalized spacial score (nSPS) is 20.6. The van der Waals surface area contributed by atoms with Crippen LogP contribution in [0.2, 0.25) is 0 Å². The molecule has 0 amide bonds. The zero-order valence-electron chi connectivity index (χ0n) is 17.5. The Morgan fingerprint density at radius 1 is 0.846 bits per heavy atom. The van der Waals surface area contributed by atoms with E-state index < -0.39 is 7.82 Å². The summed E-state index contributed by atoms with van der Waals surface area (Å²) in [5, 5.41) is 0. The highest BCUT2D eigenvalue weighted by Crippen LogP contribution is 2.43. The van der Waals surface area contributed by atoms with Crippen molar-refractivity contribution in [3.05, 3.63) is 0 Å². The largest absolute Gasteiger partial charge is 0.472 e. The summed E-state index contributed by atoms with van der Waals surface area (Å²) in [5.41, 5.74) is 0. The van der Waals surface area contributed by atoms with Gasteiger partial charge in [0.25, 0.3) is 0 Å². The van der Waals surface area contributed by atoms with Crippen LogP contribution in [-0.2, 0) is 13.6 Å². The lowest BCUT2D eigenvalue weighted by molar-refractivity contribution is -0.870. The standard InChI is InChI=1S/C20H42NO4P/c1-21(2,3)17-19-25-26(22,23)24-18-13-9-12-16-20-14-10-7-5-4-6-8-11-15-20/h20H,4-19H2,1-3H3/p+1. The highest BCUT2D eigenvalue weighted by Gasteiger charge is 2.22. The molecule has 0 heterocycles. The SMILES string of the molecule is C[N+](C)(C)CCOP(=O)(O)OCCCCCC1CCCCCCCCC1. The Morgan fingerprint density at radius 2 is 1.38 bits per heavy atom. The van der Waals surface area contributed by atoms with Crippen LogP contribution in [0.5, 0.6) is 0 Å². The lowest BCUT2D eigenvalue weighted by Gasteiger charge is -2.24. The summed E-state index contributed by atoms with van der Waals surface area (Å²) in [6, 6.07) is 0. The molecule has 0 spiro atoms. The number of likely N-dealkylation sites (N-methyl/N-ethyl adjacent to an activating group) is 1. The molecule has 0 aromatic carbocycles. The average molecular weight is 393 g/mol. The molecule has 1 aliphatic rings. The van der Waals surface area contributed by atoms with Gasteiger partial charge in [-0.15, -0.1) is 0 Å². The molecule has 0 bridgehead atoms. The van der Waals surface area contributed by atoms with Crippen molar-refractivity contribution in [2.45, 2.75) is 83.5 Å². The van der Waals surface area contributed by atoms with Gasteiger partial charge in [0, 0.05) is 0 Å². The van der Waals surface area contributed by atoms with E-state index >= 15 is 0 Å². The van der Waals surface area contributed by atoms with Crippen LogP contribution < -0.4 is 0 Å². The van der Waals surface area contributed by atoms with E-state index in [2.05, 4.69) is 0 Å². The number of rotatable bonds is 11. The number of hydrogen-bond acceptors (Lipinski definition) is 3. The number of phosphoric ester groups is 1. The van der Waals surface area contributed by atoms with Crippen molar-refractivity contribution in [2.75, 3.05) is 40.9 Å². The topological polar surface area (TPSA) is 55.8 Å².